The number of aromatic amines is 2. The Morgan fingerprint density at radius 2 is 1.50 bits per heavy atom. The number of amides is 1. The largest absolute Gasteiger partial charge is 0.461 e. The van der Waals surface area contributed by atoms with Crippen molar-refractivity contribution in [1.29, 1.82) is 0 Å². The number of primary amides is 1. The third kappa shape index (κ3) is 2.70. The van der Waals surface area contributed by atoms with E-state index in [1.807, 2.05) is 0 Å². The van der Waals surface area contributed by atoms with Gasteiger partial charge in [0.15, 0.2) is 11.4 Å². The molecule has 2 heterocycles. The Balaban J connectivity index is 0.000000130. The van der Waals surface area contributed by atoms with Crippen LogP contribution >= 0.6 is 0 Å². The average molecular weight is 415 g/mol. The molecule has 0 spiro atoms. The standard InChI is InChI=1S/C11H14N2O3.C9H11N3O2/c1-2-16-11(15)10-6-3-5-7(4-14)8(5)9(6)12-13-10;10-9(14)8-4-1-3-5(2-13)6(3)7(4)11-12-8/h5,7-8,14H,2-4H2,1H3,(H,12,13);3,5-6,13H,1-2H2,(H2,10,14)(H,11,12)/t5-,7-,8-;3-,5-,6-/m00/s1. The SMILES string of the molecule is CCOC(=O)c1n[nH]c2c1C[C@H]1[C@H](CO)[C@@H]21.NC(=O)c1n[nH]c2c1C[C@H]1[C@H](CO)[C@@H]21. The monoisotopic (exact) mass is 415 g/mol. The van der Waals surface area contributed by atoms with Crippen LogP contribution in [0.2, 0.25) is 0 Å². The summed E-state index contributed by atoms with van der Waals surface area (Å²) in [5, 5.41) is 31.8. The summed E-state index contributed by atoms with van der Waals surface area (Å²) in [6.07, 6.45) is 1.68. The lowest BCUT2D eigenvalue weighted by Crippen LogP contribution is -2.14. The molecule has 10 nitrogen and oxygen atoms in total. The number of nitrogens with zero attached hydrogens (tertiary/aromatic N) is 2. The number of esters is 1. The van der Waals surface area contributed by atoms with Gasteiger partial charge in [-0.05, 0) is 43.4 Å². The molecule has 30 heavy (non-hydrogen) atoms. The molecule has 0 saturated heterocycles. The summed E-state index contributed by atoms with van der Waals surface area (Å²) in [5.41, 5.74) is 10.0. The van der Waals surface area contributed by atoms with Gasteiger partial charge < -0.3 is 20.7 Å². The van der Waals surface area contributed by atoms with E-state index < -0.39 is 5.91 Å². The normalized spacial score (nSPS) is 31.0. The lowest BCUT2D eigenvalue weighted by Gasteiger charge is -2.02. The van der Waals surface area contributed by atoms with E-state index in [0.29, 0.717) is 53.5 Å². The second-order valence-electron chi connectivity index (χ2n) is 8.49. The third-order valence-electron chi connectivity index (χ3n) is 7.13. The van der Waals surface area contributed by atoms with Gasteiger partial charge in [-0.25, -0.2) is 4.79 Å². The number of aliphatic hydroxyl groups excluding tert-OH is 2. The molecule has 6 rings (SSSR count). The fourth-order valence-corrected chi connectivity index (χ4v) is 5.57. The lowest BCUT2D eigenvalue weighted by molar-refractivity contribution is 0.0518. The van der Waals surface area contributed by atoms with Crippen LogP contribution in [0.3, 0.4) is 0 Å². The van der Waals surface area contributed by atoms with Crippen molar-refractivity contribution in [3.8, 4) is 0 Å². The van der Waals surface area contributed by atoms with Gasteiger partial charge in [-0.3, -0.25) is 15.0 Å². The first-order valence-corrected chi connectivity index (χ1v) is 10.3. The highest BCUT2D eigenvalue weighted by atomic mass is 16.5. The zero-order valence-corrected chi connectivity index (χ0v) is 16.6. The number of carbonyl (C=O) groups is 2. The molecule has 160 valence electrons. The van der Waals surface area contributed by atoms with Crippen LogP contribution in [0.5, 0.6) is 0 Å². The van der Waals surface area contributed by atoms with Gasteiger partial charge in [0.25, 0.3) is 5.91 Å². The van der Waals surface area contributed by atoms with Gasteiger partial charge in [0, 0.05) is 47.6 Å². The number of H-pyrrole nitrogens is 2. The summed E-state index contributed by atoms with van der Waals surface area (Å²) in [4.78, 5) is 22.6. The topological polar surface area (TPSA) is 167 Å². The smallest absolute Gasteiger partial charge is 0.359 e. The summed E-state index contributed by atoms with van der Waals surface area (Å²) in [6, 6.07) is 0. The van der Waals surface area contributed by atoms with E-state index in [0.717, 1.165) is 35.4 Å². The van der Waals surface area contributed by atoms with Crippen LogP contribution in [0.4, 0.5) is 0 Å². The van der Waals surface area contributed by atoms with Gasteiger partial charge >= 0.3 is 5.97 Å². The second kappa shape index (κ2) is 6.92. The van der Waals surface area contributed by atoms with E-state index in [1.54, 1.807) is 6.92 Å². The number of aromatic nitrogens is 4. The van der Waals surface area contributed by atoms with Crippen molar-refractivity contribution in [1.82, 2.24) is 20.4 Å². The van der Waals surface area contributed by atoms with Crippen molar-refractivity contribution in [2.75, 3.05) is 19.8 Å². The Bertz CT molecular complexity index is 1010. The number of aliphatic hydroxyl groups is 2. The first-order chi connectivity index (χ1) is 14.5. The minimum Gasteiger partial charge on any atom is -0.461 e. The Kier molecular flexibility index (Phi) is 4.44. The van der Waals surface area contributed by atoms with E-state index in [9.17, 15) is 9.59 Å². The Hall–Kier alpha value is -2.72. The maximum absolute atomic E-state index is 11.6. The summed E-state index contributed by atoms with van der Waals surface area (Å²) in [6.45, 7) is 2.60. The van der Waals surface area contributed by atoms with E-state index >= 15 is 0 Å². The number of carbonyl (C=O) groups excluding carboxylic acids is 2. The van der Waals surface area contributed by atoms with Crippen LogP contribution in [0, 0.1) is 23.7 Å². The van der Waals surface area contributed by atoms with Crippen LogP contribution in [0.15, 0.2) is 0 Å². The van der Waals surface area contributed by atoms with E-state index in [4.69, 9.17) is 20.7 Å². The molecule has 0 bridgehead atoms. The number of rotatable bonds is 5. The number of hydrogen-bond acceptors (Lipinski definition) is 7. The molecule has 6 atom stereocenters. The first-order valence-electron chi connectivity index (χ1n) is 10.3. The van der Waals surface area contributed by atoms with Crippen LogP contribution in [-0.4, -0.2) is 62.3 Å². The molecule has 6 N–H and O–H groups in total. The van der Waals surface area contributed by atoms with E-state index in [2.05, 4.69) is 20.4 Å². The Morgan fingerprint density at radius 3 is 1.97 bits per heavy atom. The van der Waals surface area contributed by atoms with Gasteiger partial charge in [0.2, 0.25) is 0 Å². The molecular weight excluding hydrogens is 390 g/mol. The molecule has 0 unspecified atom stereocenters. The molecule has 1 amide bonds. The number of hydrogen-bond donors (Lipinski definition) is 5. The minimum atomic E-state index is -0.468. The molecule has 2 aromatic rings. The van der Waals surface area contributed by atoms with Gasteiger partial charge in [-0.1, -0.05) is 0 Å². The second-order valence-corrected chi connectivity index (χ2v) is 8.49. The maximum atomic E-state index is 11.6. The van der Waals surface area contributed by atoms with E-state index in [1.165, 1.54) is 0 Å². The fraction of sp³-hybridized carbons (Fsp3) is 0.600. The van der Waals surface area contributed by atoms with Gasteiger partial charge in [-0.2, -0.15) is 10.2 Å². The zero-order valence-electron chi connectivity index (χ0n) is 16.6. The number of nitrogens with two attached hydrogens (primary N) is 1. The molecule has 2 aromatic heterocycles. The van der Waals surface area contributed by atoms with Crippen molar-refractivity contribution >= 4 is 11.9 Å². The number of fused-ring (bicyclic) bond motifs is 6. The van der Waals surface area contributed by atoms with Gasteiger partial charge in [0.1, 0.15) is 0 Å². The fourth-order valence-electron chi connectivity index (χ4n) is 5.57. The van der Waals surface area contributed by atoms with E-state index in [-0.39, 0.29) is 19.2 Å². The van der Waals surface area contributed by atoms with Crippen LogP contribution in [0.1, 0.15) is 62.3 Å². The lowest BCUT2D eigenvalue weighted by atomic mass is 10.1. The average Bonchev–Trinajstić information content (AvgIpc) is 3.22. The maximum Gasteiger partial charge on any atom is 0.359 e. The van der Waals surface area contributed by atoms with Crippen molar-refractivity contribution in [3.63, 3.8) is 0 Å². The Labute approximate surface area is 172 Å². The quantitative estimate of drug-likeness (QED) is 0.423. The van der Waals surface area contributed by atoms with Crippen LogP contribution in [0.25, 0.3) is 0 Å². The predicted octanol–water partition coefficient (Wildman–Crippen LogP) is -0.149. The molecule has 2 fully saturated rings. The minimum absolute atomic E-state index is 0.222. The van der Waals surface area contributed by atoms with Crippen molar-refractivity contribution in [2.45, 2.75) is 31.6 Å². The summed E-state index contributed by atoms with van der Waals surface area (Å²) in [5.74, 6) is 1.69. The molecular formula is C20H25N5O5. The highest BCUT2D eigenvalue weighted by molar-refractivity contribution is 5.93. The first kappa shape index (κ1) is 19.3. The summed E-state index contributed by atoms with van der Waals surface area (Å²) < 4.78 is 4.94. The third-order valence-corrected chi connectivity index (χ3v) is 7.13. The molecule has 4 aliphatic carbocycles. The Morgan fingerprint density at radius 1 is 1.00 bits per heavy atom. The molecule has 2 saturated carbocycles. The summed E-state index contributed by atoms with van der Waals surface area (Å²) in [7, 11) is 0. The highest BCUT2D eigenvalue weighted by Gasteiger charge is 2.58. The molecule has 10 heteroatoms. The van der Waals surface area contributed by atoms with Crippen LogP contribution < -0.4 is 5.73 Å². The molecule has 4 aliphatic rings. The molecule has 0 aromatic carbocycles. The summed E-state index contributed by atoms with van der Waals surface area (Å²) >= 11 is 0. The predicted molar refractivity (Wildman–Crippen MR) is 103 cm³/mol. The number of nitrogens with one attached hydrogen (secondary N) is 2. The molecule has 0 radical (unpaired) electrons. The van der Waals surface area contributed by atoms with Crippen molar-refractivity contribution in [3.05, 3.63) is 33.9 Å². The highest BCUT2D eigenvalue weighted by Crippen LogP contribution is 2.61. The van der Waals surface area contributed by atoms with Crippen molar-refractivity contribution < 1.29 is 24.5 Å². The van der Waals surface area contributed by atoms with Crippen LogP contribution in [-0.2, 0) is 17.6 Å². The zero-order chi connectivity index (χ0) is 21.2. The number of ether oxygens (including phenoxy) is 1. The molecule has 0 aliphatic heterocycles. The van der Waals surface area contributed by atoms with Gasteiger partial charge in [-0.15, -0.1) is 0 Å². The van der Waals surface area contributed by atoms with Crippen molar-refractivity contribution in [2.24, 2.45) is 29.4 Å². The van der Waals surface area contributed by atoms with Gasteiger partial charge in [0.05, 0.1) is 6.61 Å².